The van der Waals surface area contributed by atoms with Gasteiger partial charge in [0.1, 0.15) is 12.7 Å². The molecule has 0 aromatic heterocycles. The third kappa shape index (κ3) is 5.75. The van der Waals surface area contributed by atoms with Crippen LogP contribution in [0.3, 0.4) is 0 Å². The molecule has 0 saturated carbocycles. The second-order valence-corrected chi connectivity index (χ2v) is 8.58. The van der Waals surface area contributed by atoms with Crippen LogP contribution in [0.4, 0.5) is 4.79 Å². The molecule has 2 amide bonds. The maximum Gasteiger partial charge on any atom is 0.416 e. The molecule has 8 heteroatoms. The Morgan fingerprint density at radius 1 is 1.31 bits per heavy atom. The van der Waals surface area contributed by atoms with Crippen LogP contribution in [-0.4, -0.2) is 73.5 Å². The van der Waals surface area contributed by atoms with Crippen LogP contribution in [0.15, 0.2) is 42.5 Å². The van der Waals surface area contributed by atoms with Crippen molar-refractivity contribution in [1.29, 1.82) is 0 Å². The highest BCUT2D eigenvalue weighted by atomic mass is 16.7. The van der Waals surface area contributed by atoms with E-state index in [0.717, 1.165) is 16.0 Å². The fourth-order valence-corrected chi connectivity index (χ4v) is 4.57. The summed E-state index contributed by atoms with van der Waals surface area (Å²) >= 11 is 0. The third-order valence-electron chi connectivity index (χ3n) is 6.05. The molecule has 3 rings (SSSR count). The Balaban J connectivity index is 1.68. The average Bonchev–Trinajstić information content (AvgIpc) is 3.32. The van der Waals surface area contributed by atoms with Crippen molar-refractivity contribution in [3.05, 3.63) is 48.0 Å². The summed E-state index contributed by atoms with van der Waals surface area (Å²) in [5, 5.41) is 10.9. The van der Waals surface area contributed by atoms with Crippen molar-refractivity contribution in [2.75, 3.05) is 20.8 Å². The van der Waals surface area contributed by atoms with Gasteiger partial charge in [-0.05, 0) is 31.2 Å². The van der Waals surface area contributed by atoms with Crippen molar-refractivity contribution in [2.24, 2.45) is 5.92 Å². The number of aliphatic hydroxyl groups excluding tert-OH is 1. The lowest BCUT2D eigenvalue weighted by Gasteiger charge is -2.31. The molecular weight excluding hydrogens is 414 g/mol. The molecule has 0 bridgehead atoms. The molecule has 0 aliphatic carbocycles. The molecule has 32 heavy (non-hydrogen) atoms. The molecule has 6 atom stereocenters. The Morgan fingerprint density at radius 3 is 2.66 bits per heavy atom. The summed E-state index contributed by atoms with van der Waals surface area (Å²) in [6.07, 6.45) is -1.92. The molecule has 2 aliphatic rings. The molecule has 0 radical (unpaired) electrons. The van der Waals surface area contributed by atoms with E-state index in [1.807, 2.05) is 37.3 Å². The molecule has 0 spiro atoms. The number of nitrogens with zero attached hydrogens (tertiary/aromatic N) is 1. The minimum Gasteiger partial charge on any atom is -0.447 e. The summed E-state index contributed by atoms with van der Waals surface area (Å²) in [6.45, 7) is 6.04. The monoisotopic (exact) mass is 447 g/mol. The van der Waals surface area contributed by atoms with Gasteiger partial charge in [-0.25, -0.2) is 9.69 Å². The number of aliphatic hydroxyl groups is 1. The van der Waals surface area contributed by atoms with E-state index in [2.05, 4.69) is 6.58 Å². The standard InChI is InChI=1S/C24H33NO7/c1-15(2)10-17-12-21(29-3)32-22(17)23(30-4)19(26)13-20(27)25-18(14-31-24(25)28)11-16-8-6-5-7-9-16/h5-9,17-19,21-23,26H,1,10-14H2,2-4H3/t17-,18+,19-,21-,22+,23-/m1/s1. The first-order valence-electron chi connectivity index (χ1n) is 10.9. The van der Waals surface area contributed by atoms with E-state index in [4.69, 9.17) is 18.9 Å². The highest BCUT2D eigenvalue weighted by Gasteiger charge is 2.45. The van der Waals surface area contributed by atoms with E-state index in [9.17, 15) is 14.7 Å². The van der Waals surface area contributed by atoms with Gasteiger partial charge in [0.15, 0.2) is 6.29 Å². The minimum absolute atomic E-state index is 0.0368. The van der Waals surface area contributed by atoms with Crippen molar-refractivity contribution in [3.8, 4) is 0 Å². The number of cyclic esters (lactones) is 1. The smallest absolute Gasteiger partial charge is 0.416 e. The summed E-state index contributed by atoms with van der Waals surface area (Å²) < 4.78 is 22.0. The van der Waals surface area contributed by atoms with Crippen molar-refractivity contribution in [2.45, 2.75) is 63.3 Å². The average molecular weight is 448 g/mol. The number of methoxy groups -OCH3 is 2. The Morgan fingerprint density at radius 2 is 2.03 bits per heavy atom. The summed E-state index contributed by atoms with van der Waals surface area (Å²) in [5.41, 5.74) is 1.99. The quantitative estimate of drug-likeness (QED) is 0.551. The third-order valence-corrected chi connectivity index (χ3v) is 6.05. The molecule has 2 heterocycles. The lowest BCUT2D eigenvalue weighted by atomic mass is 9.88. The molecule has 1 aromatic carbocycles. The largest absolute Gasteiger partial charge is 0.447 e. The molecule has 1 aromatic rings. The van der Waals surface area contributed by atoms with Crippen LogP contribution >= 0.6 is 0 Å². The van der Waals surface area contributed by atoms with Gasteiger partial charge in [-0.3, -0.25) is 4.79 Å². The molecule has 1 N–H and O–H groups in total. The summed E-state index contributed by atoms with van der Waals surface area (Å²) in [6, 6.07) is 9.18. The van der Waals surface area contributed by atoms with Crippen molar-refractivity contribution in [3.63, 3.8) is 0 Å². The van der Waals surface area contributed by atoms with Gasteiger partial charge in [0.2, 0.25) is 5.91 Å². The first kappa shape index (κ1) is 24.4. The Hall–Kier alpha value is -2.26. The van der Waals surface area contributed by atoms with Crippen LogP contribution in [0, 0.1) is 5.92 Å². The van der Waals surface area contributed by atoms with Gasteiger partial charge >= 0.3 is 6.09 Å². The lowest BCUT2D eigenvalue weighted by Crippen LogP contribution is -2.47. The van der Waals surface area contributed by atoms with Gasteiger partial charge in [-0.15, -0.1) is 6.58 Å². The van der Waals surface area contributed by atoms with Gasteiger partial charge in [-0.1, -0.05) is 35.9 Å². The molecule has 8 nitrogen and oxygen atoms in total. The highest BCUT2D eigenvalue weighted by Crippen LogP contribution is 2.35. The normalized spacial score (nSPS) is 27.2. The number of ether oxygens (including phenoxy) is 4. The second-order valence-electron chi connectivity index (χ2n) is 8.58. The minimum atomic E-state index is -1.16. The number of carbonyl (C=O) groups is 2. The van der Waals surface area contributed by atoms with E-state index >= 15 is 0 Å². The zero-order valence-corrected chi connectivity index (χ0v) is 18.9. The van der Waals surface area contributed by atoms with Gasteiger partial charge in [0, 0.05) is 20.6 Å². The number of carbonyl (C=O) groups excluding carboxylic acids is 2. The van der Waals surface area contributed by atoms with Crippen LogP contribution in [0.1, 0.15) is 31.7 Å². The van der Waals surface area contributed by atoms with Gasteiger partial charge in [0.25, 0.3) is 0 Å². The van der Waals surface area contributed by atoms with E-state index in [1.54, 1.807) is 7.11 Å². The van der Waals surface area contributed by atoms with Gasteiger partial charge in [0.05, 0.1) is 24.7 Å². The molecule has 2 aliphatic heterocycles. The Kier molecular flexibility index (Phi) is 8.42. The first-order valence-corrected chi connectivity index (χ1v) is 10.9. The van der Waals surface area contributed by atoms with Crippen LogP contribution in [-0.2, 0) is 30.2 Å². The summed E-state index contributed by atoms with van der Waals surface area (Å²) in [4.78, 5) is 26.4. The highest BCUT2D eigenvalue weighted by molar-refractivity contribution is 5.93. The lowest BCUT2D eigenvalue weighted by molar-refractivity contribution is -0.168. The number of allylic oxidation sites excluding steroid dienone is 1. The number of hydrogen-bond acceptors (Lipinski definition) is 7. The molecule has 0 unspecified atom stereocenters. The van der Waals surface area contributed by atoms with E-state index in [0.29, 0.717) is 19.3 Å². The summed E-state index contributed by atoms with van der Waals surface area (Å²) in [7, 11) is 3.04. The van der Waals surface area contributed by atoms with Crippen molar-refractivity contribution in [1.82, 2.24) is 4.90 Å². The van der Waals surface area contributed by atoms with Gasteiger partial charge < -0.3 is 24.1 Å². The van der Waals surface area contributed by atoms with Crippen molar-refractivity contribution >= 4 is 12.0 Å². The number of rotatable bonds is 10. The number of hydrogen-bond donors (Lipinski definition) is 1. The predicted octanol–water partition coefficient (Wildman–Crippen LogP) is 2.69. The zero-order valence-electron chi connectivity index (χ0n) is 18.9. The van der Waals surface area contributed by atoms with E-state index < -0.39 is 42.6 Å². The maximum atomic E-state index is 13.0. The number of amides is 2. The Labute approximate surface area is 189 Å². The topological polar surface area (TPSA) is 94.5 Å². The molecule has 2 saturated heterocycles. The zero-order chi connectivity index (χ0) is 23.3. The maximum absolute atomic E-state index is 13.0. The van der Waals surface area contributed by atoms with Crippen LogP contribution in [0.5, 0.6) is 0 Å². The molecular formula is C24H33NO7. The number of imide groups is 1. The second kappa shape index (κ2) is 11.0. The predicted molar refractivity (Wildman–Crippen MR) is 117 cm³/mol. The fraction of sp³-hybridized carbons (Fsp3) is 0.583. The molecule has 176 valence electrons. The summed E-state index contributed by atoms with van der Waals surface area (Å²) in [5.74, 6) is -0.463. The van der Waals surface area contributed by atoms with Crippen LogP contribution in [0.2, 0.25) is 0 Å². The van der Waals surface area contributed by atoms with Crippen LogP contribution in [0.25, 0.3) is 0 Å². The van der Waals surface area contributed by atoms with Crippen molar-refractivity contribution < 1.29 is 33.6 Å². The van der Waals surface area contributed by atoms with Crippen LogP contribution < -0.4 is 0 Å². The van der Waals surface area contributed by atoms with Gasteiger partial charge in [-0.2, -0.15) is 0 Å². The van der Waals surface area contributed by atoms with E-state index in [-0.39, 0.29) is 18.9 Å². The molecule has 2 fully saturated rings. The fourth-order valence-electron chi connectivity index (χ4n) is 4.57. The Bertz CT molecular complexity index is 799. The SMILES string of the molecule is C=C(C)C[C@@H]1C[C@H](OC)O[C@@H]1[C@H](OC)[C@H](O)CC(=O)N1C(=O)OC[C@@H]1Cc1ccccc1. The number of benzene rings is 1. The first-order chi connectivity index (χ1) is 15.3. The van der Waals surface area contributed by atoms with E-state index in [1.165, 1.54) is 7.11 Å².